The van der Waals surface area contributed by atoms with E-state index in [2.05, 4.69) is 28.8 Å². The minimum atomic E-state index is 0.413. The van der Waals surface area contributed by atoms with Crippen LogP contribution in [0.15, 0.2) is 12.4 Å². The molecule has 0 radical (unpaired) electrons. The first-order valence-corrected chi connectivity index (χ1v) is 7.59. The Bertz CT molecular complexity index is 407. The van der Waals surface area contributed by atoms with Crippen molar-refractivity contribution in [3.05, 3.63) is 18.2 Å². The van der Waals surface area contributed by atoms with E-state index in [1.807, 2.05) is 12.4 Å². The smallest absolute Gasteiger partial charge is 0.125 e. The van der Waals surface area contributed by atoms with Crippen LogP contribution < -0.4 is 5.32 Å². The average Bonchev–Trinajstić information content (AvgIpc) is 2.94. The molecule has 0 unspecified atom stereocenters. The molecule has 106 valence electrons. The second kappa shape index (κ2) is 5.63. The first-order valence-electron chi connectivity index (χ1n) is 7.59. The summed E-state index contributed by atoms with van der Waals surface area (Å²) in [6, 6.07) is 0.904. The third-order valence-electron chi connectivity index (χ3n) is 4.33. The van der Waals surface area contributed by atoms with E-state index in [9.17, 15) is 0 Å². The molecule has 1 saturated heterocycles. The van der Waals surface area contributed by atoms with Gasteiger partial charge in [0.05, 0.1) is 12.1 Å². The normalized spacial score (nSPS) is 26.5. The molecule has 1 saturated carbocycles. The number of rotatable bonds is 6. The molecule has 0 amide bonds. The molecule has 4 heteroatoms. The van der Waals surface area contributed by atoms with Gasteiger partial charge in [-0.2, -0.15) is 0 Å². The quantitative estimate of drug-likeness (QED) is 0.856. The highest BCUT2D eigenvalue weighted by Crippen LogP contribution is 2.40. The lowest BCUT2D eigenvalue weighted by atomic mass is 10.1. The van der Waals surface area contributed by atoms with Gasteiger partial charge in [0, 0.05) is 32.1 Å². The zero-order chi connectivity index (χ0) is 13.2. The van der Waals surface area contributed by atoms with Crippen molar-refractivity contribution in [1.82, 2.24) is 14.9 Å². The molecule has 0 bridgehead atoms. The Kier molecular flexibility index (Phi) is 3.89. The van der Waals surface area contributed by atoms with E-state index in [1.54, 1.807) is 0 Å². The standard InChI is InChI=1S/C15H25N3O/c1-11(10-13-4-3-9-19-13)17-14(12-5-6-12)15-16-7-8-18(15)2/h7-8,11-14,17H,3-6,9-10H2,1-2H3/t11-,13-,14-/m1/s1. The van der Waals surface area contributed by atoms with Crippen LogP contribution >= 0.6 is 0 Å². The molecule has 1 aliphatic heterocycles. The van der Waals surface area contributed by atoms with Crippen LogP contribution in [0.4, 0.5) is 0 Å². The van der Waals surface area contributed by atoms with Gasteiger partial charge in [-0.1, -0.05) is 0 Å². The van der Waals surface area contributed by atoms with Crippen molar-refractivity contribution in [3.63, 3.8) is 0 Å². The highest BCUT2D eigenvalue weighted by molar-refractivity contribution is 5.05. The van der Waals surface area contributed by atoms with Gasteiger partial charge in [0.25, 0.3) is 0 Å². The van der Waals surface area contributed by atoms with Crippen LogP contribution in [0.3, 0.4) is 0 Å². The summed E-state index contributed by atoms with van der Waals surface area (Å²) in [5, 5.41) is 3.79. The maximum atomic E-state index is 5.73. The Morgan fingerprint density at radius 2 is 2.32 bits per heavy atom. The van der Waals surface area contributed by atoms with Crippen molar-refractivity contribution in [2.24, 2.45) is 13.0 Å². The molecule has 3 rings (SSSR count). The first kappa shape index (κ1) is 13.1. The summed E-state index contributed by atoms with van der Waals surface area (Å²) < 4.78 is 7.88. The van der Waals surface area contributed by atoms with Crippen molar-refractivity contribution in [2.45, 2.75) is 57.2 Å². The van der Waals surface area contributed by atoms with Gasteiger partial charge in [0.2, 0.25) is 0 Å². The van der Waals surface area contributed by atoms with Crippen molar-refractivity contribution >= 4 is 0 Å². The van der Waals surface area contributed by atoms with Crippen LogP contribution in [0.2, 0.25) is 0 Å². The fourth-order valence-corrected chi connectivity index (χ4v) is 3.13. The van der Waals surface area contributed by atoms with Crippen LogP contribution in [-0.4, -0.2) is 28.3 Å². The number of ether oxygens (including phenoxy) is 1. The molecular weight excluding hydrogens is 238 g/mol. The number of hydrogen-bond donors (Lipinski definition) is 1. The van der Waals surface area contributed by atoms with Crippen LogP contribution in [0.5, 0.6) is 0 Å². The van der Waals surface area contributed by atoms with Crippen molar-refractivity contribution in [2.75, 3.05) is 6.61 Å². The Hall–Kier alpha value is -0.870. The van der Waals surface area contributed by atoms with Gasteiger partial charge in [-0.05, 0) is 44.9 Å². The van der Waals surface area contributed by atoms with Crippen LogP contribution in [0, 0.1) is 5.92 Å². The van der Waals surface area contributed by atoms with E-state index in [1.165, 1.54) is 31.5 Å². The topological polar surface area (TPSA) is 39.1 Å². The van der Waals surface area contributed by atoms with E-state index in [0.717, 1.165) is 18.9 Å². The highest BCUT2D eigenvalue weighted by Gasteiger charge is 2.35. The minimum absolute atomic E-state index is 0.413. The Morgan fingerprint density at radius 1 is 1.47 bits per heavy atom. The highest BCUT2D eigenvalue weighted by atomic mass is 16.5. The van der Waals surface area contributed by atoms with E-state index in [0.29, 0.717) is 18.2 Å². The van der Waals surface area contributed by atoms with Gasteiger partial charge < -0.3 is 14.6 Å². The van der Waals surface area contributed by atoms with Gasteiger partial charge in [0.15, 0.2) is 0 Å². The van der Waals surface area contributed by atoms with E-state index >= 15 is 0 Å². The minimum Gasteiger partial charge on any atom is -0.378 e. The lowest BCUT2D eigenvalue weighted by Gasteiger charge is -2.24. The average molecular weight is 263 g/mol. The number of nitrogens with zero attached hydrogens (tertiary/aromatic N) is 2. The number of hydrogen-bond acceptors (Lipinski definition) is 3. The largest absolute Gasteiger partial charge is 0.378 e. The van der Waals surface area contributed by atoms with Gasteiger partial charge in [-0.25, -0.2) is 4.98 Å². The molecule has 1 aromatic heterocycles. The predicted octanol–water partition coefficient (Wildman–Crippen LogP) is 2.42. The van der Waals surface area contributed by atoms with Crippen LogP contribution in [0.25, 0.3) is 0 Å². The monoisotopic (exact) mass is 263 g/mol. The summed E-state index contributed by atoms with van der Waals surface area (Å²) in [5.74, 6) is 1.95. The van der Waals surface area contributed by atoms with E-state index in [-0.39, 0.29) is 0 Å². The van der Waals surface area contributed by atoms with Crippen molar-refractivity contribution in [3.8, 4) is 0 Å². The maximum absolute atomic E-state index is 5.73. The number of aryl methyl sites for hydroxylation is 1. The summed E-state index contributed by atoms with van der Waals surface area (Å²) in [6.07, 6.45) is 10.6. The molecule has 4 nitrogen and oxygen atoms in total. The first-order chi connectivity index (χ1) is 9.24. The maximum Gasteiger partial charge on any atom is 0.125 e. The van der Waals surface area contributed by atoms with Crippen molar-refractivity contribution in [1.29, 1.82) is 0 Å². The fourth-order valence-electron chi connectivity index (χ4n) is 3.13. The summed E-state index contributed by atoms with van der Waals surface area (Å²) in [5.41, 5.74) is 0. The second-order valence-corrected chi connectivity index (χ2v) is 6.15. The molecule has 1 aromatic rings. The Balaban J connectivity index is 1.60. The molecule has 1 aliphatic carbocycles. The molecule has 0 spiro atoms. The summed E-state index contributed by atoms with van der Waals surface area (Å²) in [7, 11) is 2.09. The molecule has 1 N–H and O–H groups in total. The van der Waals surface area contributed by atoms with Crippen molar-refractivity contribution < 1.29 is 4.74 Å². The molecule has 2 fully saturated rings. The lowest BCUT2D eigenvalue weighted by molar-refractivity contribution is 0.0943. The Morgan fingerprint density at radius 3 is 2.89 bits per heavy atom. The molecular formula is C15H25N3O. The summed E-state index contributed by atoms with van der Waals surface area (Å²) in [4.78, 5) is 4.53. The molecule has 2 aliphatic rings. The molecule has 0 aromatic carbocycles. The lowest BCUT2D eigenvalue weighted by Crippen LogP contribution is -2.35. The number of nitrogens with one attached hydrogen (secondary N) is 1. The number of aromatic nitrogens is 2. The van der Waals surface area contributed by atoms with Crippen LogP contribution in [0.1, 0.15) is 50.9 Å². The predicted molar refractivity (Wildman–Crippen MR) is 74.9 cm³/mol. The van der Waals surface area contributed by atoms with Gasteiger partial charge in [-0.3, -0.25) is 0 Å². The summed E-state index contributed by atoms with van der Waals surface area (Å²) in [6.45, 7) is 3.23. The second-order valence-electron chi connectivity index (χ2n) is 6.15. The fraction of sp³-hybridized carbons (Fsp3) is 0.800. The SMILES string of the molecule is C[C@H](C[C@H]1CCCO1)N[C@@H](c1nccn1C)C1CC1. The third kappa shape index (κ3) is 3.18. The van der Waals surface area contributed by atoms with Crippen LogP contribution in [-0.2, 0) is 11.8 Å². The molecule has 2 heterocycles. The molecule has 3 atom stereocenters. The zero-order valence-electron chi connectivity index (χ0n) is 12.0. The molecule has 19 heavy (non-hydrogen) atoms. The summed E-state index contributed by atoms with van der Waals surface area (Å²) >= 11 is 0. The zero-order valence-corrected chi connectivity index (χ0v) is 12.0. The van der Waals surface area contributed by atoms with E-state index in [4.69, 9.17) is 4.74 Å². The van der Waals surface area contributed by atoms with Gasteiger partial charge in [0.1, 0.15) is 5.82 Å². The third-order valence-corrected chi connectivity index (χ3v) is 4.33. The Labute approximate surface area is 115 Å². The van der Waals surface area contributed by atoms with E-state index < -0.39 is 0 Å². The van der Waals surface area contributed by atoms with Gasteiger partial charge in [-0.15, -0.1) is 0 Å². The number of imidazole rings is 1. The van der Waals surface area contributed by atoms with Gasteiger partial charge >= 0.3 is 0 Å².